The minimum atomic E-state index is -0.564. The summed E-state index contributed by atoms with van der Waals surface area (Å²) in [5, 5.41) is 21.0. The summed E-state index contributed by atoms with van der Waals surface area (Å²) in [5.74, 6) is 0.884. The van der Waals surface area contributed by atoms with Crippen molar-refractivity contribution in [1.82, 2.24) is 4.98 Å². The summed E-state index contributed by atoms with van der Waals surface area (Å²) in [6.07, 6.45) is 3.24. The number of pyridine rings is 1. The van der Waals surface area contributed by atoms with Crippen LogP contribution in [0.5, 0.6) is 17.4 Å². The zero-order valence-electron chi connectivity index (χ0n) is 12.6. The molecule has 0 atom stereocenters. The second-order valence-corrected chi connectivity index (χ2v) is 4.45. The Morgan fingerprint density at radius 2 is 1.96 bits per heavy atom. The Bertz CT molecular complexity index is 773. The first kappa shape index (κ1) is 16.9. The zero-order valence-corrected chi connectivity index (χ0v) is 12.6. The van der Waals surface area contributed by atoms with Crippen LogP contribution in [0.4, 0.5) is 5.69 Å². The summed E-state index contributed by atoms with van der Waals surface area (Å²) >= 11 is 0. The van der Waals surface area contributed by atoms with Crippen molar-refractivity contribution in [2.75, 3.05) is 6.61 Å². The number of ether oxygens (including phenoxy) is 2. The van der Waals surface area contributed by atoms with E-state index in [1.807, 2.05) is 0 Å². The van der Waals surface area contributed by atoms with Crippen LogP contribution in [-0.2, 0) is 0 Å². The van der Waals surface area contributed by atoms with Crippen LogP contribution >= 0.6 is 0 Å². The number of hydrogen-bond acceptors (Lipinski definition) is 7. The standard InChI is InChI=1S/C15H13N3O6/c1-2-23-14-9-11(7-8-17(19)20)3-5-13(14)24-15-6-4-12(10-16-15)18(21)22/h3-10H,2H2,1H3/b8-7-. The second-order valence-electron chi connectivity index (χ2n) is 4.45. The monoisotopic (exact) mass is 331 g/mol. The van der Waals surface area contributed by atoms with Crippen LogP contribution in [0.15, 0.2) is 42.7 Å². The smallest absolute Gasteiger partial charge is 0.287 e. The van der Waals surface area contributed by atoms with E-state index < -0.39 is 9.85 Å². The van der Waals surface area contributed by atoms with Gasteiger partial charge in [-0.05, 0) is 24.6 Å². The molecule has 0 saturated carbocycles. The van der Waals surface area contributed by atoms with Gasteiger partial charge in [-0.1, -0.05) is 6.07 Å². The maximum absolute atomic E-state index is 10.6. The van der Waals surface area contributed by atoms with E-state index in [1.165, 1.54) is 18.2 Å². The van der Waals surface area contributed by atoms with E-state index >= 15 is 0 Å². The third-order valence-electron chi connectivity index (χ3n) is 2.80. The molecule has 1 heterocycles. The Balaban J connectivity index is 2.25. The van der Waals surface area contributed by atoms with Crippen molar-refractivity contribution < 1.29 is 19.3 Å². The van der Waals surface area contributed by atoms with Gasteiger partial charge in [-0.3, -0.25) is 20.2 Å². The quantitative estimate of drug-likeness (QED) is 0.563. The summed E-state index contributed by atoms with van der Waals surface area (Å²) in [5.41, 5.74) is 0.423. The predicted molar refractivity (Wildman–Crippen MR) is 84.6 cm³/mol. The summed E-state index contributed by atoms with van der Waals surface area (Å²) in [6, 6.07) is 7.42. The summed E-state index contributed by atoms with van der Waals surface area (Å²) in [4.78, 5) is 23.7. The minimum absolute atomic E-state index is 0.146. The highest BCUT2D eigenvalue weighted by atomic mass is 16.6. The molecule has 0 fully saturated rings. The average molecular weight is 331 g/mol. The van der Waals surface area contributed by atoms with Gasteiger partial charge in [0.1, 0.15) is 6.20 Å². The largest absolute Gasteiger partial charge is 0.490 e. The Kier molecular flexibility index (Phi) is 5.40. The molecular weight excluding hydrogens is 318 g/mol. The molecule has 0 bridgehead atoms. The first-order valence-electron chi connectivity index (χ1n) is 6.86. The van der Waals surface area contributed by atoms with Gasteiger partial charge in [0.25, 0.3) is 5.69 Å². The maximum Gasteiger partial charge on any atom is 0.287 e. The fourth-order valence-corrected chi connectivity index (χ4v) is 1.78. The van der Waals surface area contributed by atoms with Crippen LogP contribution in [0.1, 0.15) is 12.5 Å². The lowest BCUT2D eigenvalue weighted by atomic mass is 10.2. The third-order valence-corrected chi connectivity index (χ3v) is 2.80. The number of aromatic nitrogens is 1. The maximum atomic E-state index is 10.6. The van der Waals surface area contributed by atoms with Gasteiger partial charge < -0.3 is 9.47 Å². The fraction of sp³-hybridized carbons (Fsp3) is 0.133. The SMILES string of the molecule is CCOc1cc(/C=C\[N+](=O)[O-])ccc1Oc1ccc([N+](=O)[O-])cn1. The Morgan fingerprint density at radius 1 is 1.17 bits per heavy atom. The number of nitrogens with zero attached hydrogens (tertiary/aromatic N) is 3. The highest BCUT2D eigenvalue weighted by Crippen LogP contribution is 2.32. The van der Waals surface area contributed by atoms with E-state index in [0.717, 1.165) is 12.4 Å². The molecule has 0 saturated heterocycles. The van der Waals surface area contributed by atoms with Gasteiger partial charge in [-0.25, -0.2) is 4.98 Å². The van der Waals surface area contributed by atoms with E-state index in [9.17, 15) is 20.2 Å². The molecule has 124 valence electrons. The van der Waals surface area contributed by atoms with Crippen molar-refractivity contribution >= 4 is 11.8 Å². The molecule has 0 spiro atoms. The first-order chi connectivity index (χ1) is 11.5. The summed E-state index contributed by atoms with van der Waals surface area (Å²) < 4.78 is 11.0. The number of rotatable bonds is 7. The van der Waals surface area contributed by atoms with E-state index in [4.69, 9.17) is 9.47 Å². The van der Waals surface area contributed by atoms with E-state index in [2.05, 4.69) is 4.98 Å². The van der Waals surface area contributed by atoms with E-state index in [0.29, 0.717) is 23.7 Å². The molecule has 0 amide bonds. The van der Waals surface area contributed by atoms with Crippen molar-refractivity contribution in [2.24, 2.45) is 0 Å². The van der Waals surface area contributed by atoms with Gasteiger partial charge in [-0.2, -0.15) is 0 Å². The zero-order chi connectivity index (χ0) is 17.5. The van der Waals surface area contributed by atoms with Gasteiger partial charge in [-0.15, -0.1) is 0 Å². The lowest BCUT2D eigenvalue weighted by Gasteiger charge is -2.11. The average Bonchev–Trinajstić information content (AvgIpc) is 2.55. The molecule has 0 unspecified atom stereocenters. The van der Waals surface area contributed by atoms with Crippen molar-refractivity contribution in [3.05, 3.63) is 68.5 Å². The highest BCUT2D eigenvalue weighted by Gasteiger charge is 2.10. The van der Waals surface area contributed by atoms with E-state index in [-0.39, 0.29) is 11.6 Å². The Morgan fingerprint density at radius 3 is 2.54 bits per heavy atom. The molecule has 1 aromatic heterocycles. The van der Waals surface area contributed by atoms with Crippen LogP contribution in [-0.4, -0.2) is 21.4 Å². The molecule has 24 heavy (non-hydrogen) atoms. The van der Waals surface area contributed by atoms with Crippen LogP contribution < -0.4 is 9.47 Å². The second kappa shape index (κ2) is 7.68. The molecule has 0 aliphatic heterocycles. The van der Waals surface area contributed by atoms with Gasteiger partial charge in [0, 0.05) is 18.2 Å². The van der Waals surface area contributed by atoms with Crippen LogP contribution in [0, 0.1) is 20.2 Å². The fourth-order valence-electron chi connectivity index (χ4n) is 1.78. The lowest BCUT2D eigenvalue weighted by molar-refractivity contribution is -0.400. The number of nitro groups is 2. The Labute approximate surface area is 136 Å². The number of hydrogen-bond donors (Lipinski definition) is 0. The normalized spacial score (nSPS) is 10.5. The topological polar surface area (TPSA) is 118 Å². The summed E-state index contributed by atoms with van der Waals surface area (Å²) in [7, 11) is 0. The van der Waals surface area contributed by atoms with Crippen molar-refractivity contribution in [3.63, 3.8) is 0 Å². The molecular formula is C15H13N3O6. The molecule has 0 N–H and O–H groups in total. The van der Waals surface area contributed by atoms with Gasteiger partial charge in [0.2, 0.25) is 12.1 Å². The number of benzene rings is 1. The molecule has 9 heteroatoms. The molecule has 0 aliphatic rings. The van der Waals surface area contributed by atoms with Crippen molar-refractivity contribution in [3.8, 4) is 17.4 Å². The van der Waals surface area contributed by atoms with Crippen molar-refractivity contribution in [1.29, 1.82) is 0 Å². The van der Waals surface area contributed by atoms with E-state index in [1.54, 1.807) is 25.1 Å². The van der Waals surface area contributed by atoms with Gasteiger partial charge in [0.05, 0.1) is 16.5 Å². The van der Waals surface area contributed by atoms with Crippen LogP contribution in [0.25, 0.3) is 6.08 Å². The first-order valence-corrected chi connectivity index (χ1v) is 6.86. The predicted octanol–water partition coefficient (Wildman–Crippen LogP) is 3.43. The Hall–Kier alpha value is -3.49. The molecule has 0 aliphatic carbocycles. The van der Waals surface area contributed by atoms with Gasteiger partial charge >= 0.3 is 0 Å². The van der Waals surface area contributed by atoms with Crippen LogP contribution in [0.3, 0.4) is 0 Å². The molecule has 2 aromatic rings. The molecule has 0 radical (unpaired) electrons. The molecule has 1 aromatic carbocycles. The highest BCUT2D eigenvalue weighted by molar-refractivity contribution is 5.55. The van der Waals surface area contributed by atoms with Crippen LogP contribution in [0.2, 0.25) is 0 Å². The third kappa shape index (κ3) is 4.50. The lowest BCUT2D eigenvalue weighted by Crippen LogP contribution is -1.97. The van der Waals surface area contributed by atoms with Gasteiger partial charge in [0.15, 0.2) is 11.5 Å². The molecule has 2 rings (SSSR count). The minimum Gasteiger partial charge on any atom is -0.490 e. The van der Waals surface area contributed by atoms with Crippen molar-refractivity contribution in [2.45, 2.75) is 6.92 Å². The molecule has 9 nitrogen and oxygen atoms in total. The summed E-state index contributed by atoms with van der Waals surface area (Å²) in [6.45, 7) is 2.15.